The number of fused-ring (bicyclic) bond motifs is 2. The van der Waals surface area contributed by atoms with E-state index in [1.807, 2.05) is 55.7 Å². The molecule has 3 nitrogen and oxygen atoms in total. The number of ketones is 1. The Balaban J connectivity index is 1.68. The van der Waals surface area contributed by atoms with Crippen molar-refractivity contribution >= 4 is 33.7 Å². The van der Waals surface area contributed by atoms with Crippen LogP contribution in [0.5, 0.6) is 0 Å². The molecule has 0 bridgehead atoms. The van der Waals surface area contributed by atoms with E-state index in [0.29, 0.717) is 5.76 Å². The normalized spacial score (nSPS) is 11.7. The van der Waals surface area contributed by atoms with Crippen molar-refractivity contribution in [2.75, 3.05) is 0 Å². The van der Waals surface area contributed by atoms with Gasteiger partial charge in [0.05, 0.1) is 0 Å². The summed E-state index contributed by atoms with van der Waals surface area (Å²) in [7, 11) is 2.00. The number of carbonyl (C=O) groups excluding carboxylic acids is 1. The molecule has 0 saturated heterocycles. The molecule has 4 aromatic rings. The molecular weight excluding hydrogens is 286 g/mol. The maximum Gasteiger partial charge on any atom is 0.221 e. The molecule has 0 amide bonds. The molecule has 0 spiro atoms. The van der Waals surface area contributed by atoms with Gasteiger partial charge in [-0.1, -0.05) is 36.4 Å². The second-order valence-corrected chi connectivity index (χ2v) is 5.56. The number of benzene rings is 2. The Hall–Kier alpha value is -3.07. The van der Waals surface area contributed by atoms with Crippen molar-refractivity contribution in [3.05, 3.63) is 78.2 Å². The highest BCUT2D eigenvalue weighted by molar-refractivity contribution is 6.07. The average Bonchev–Trinajstić information content (AvgIpc) is 3.15. The van der Waals surface area contributed by atoms with Gasteiger partial charge in [-0.15, -0.1) is 0 Å². The van der Waals surface area contributed by atoms with E-state index in [1.165, 1.54) is 0 Å². The van der Waals surface area contributed by atoms with Gasteiger partial charge in [0.1, 0.15) is 5.58 Å². The summed E-state index contributed by atoms with van der Waals surface area (Å²) in [4.78, 5) is 12.3. The Morgan fingerprint density at radius 2 is 1.87 bits per heavy atom. The van der Waals surface area contributed by atoms with Crippen LogP contribution >= 0.6 is 0 Å². The van der Waals surface area contributed by atoms with Gasteiger partial charge in [0.15, 0.2) is 5.76 Å². The standard InChI is InChI=1S/C20H15NO2/c1-21-13-15(16-7-3-4-8-17(16)21)10-11-18(22)20-12-14-6-2-5-9-19(14)23-20/h2-13H,1H3. The number of hydrogen-bond donors (Lipinski definition) is 0. The van der Waals surface area contributed by atoms with Crippen LogP contribution in [-0.2, 0) is 7.05 Å². The van der Waals surface area contributed by atoms with Crippen LogP contribution in [0.1, 0.15) is 16.1 Å². The van der Waals surface area contributed by atoms with E-state index in [1.54, 1.807) is 12.1 Å². The lowest BCUT2D eigenvalue weighted by atomic mass is 10.1. The number of allylic oxidation sites excluding steroid dienone is 1. The van der Waals surface area contributed by atoms with E-state index in [9.17, 15) is 4.79 Å². The first-order chi connectivity index (χ1) is 11.2. The molecule has 0 atom stereocenters. The highest BCUT2D eigenvalue weighted by atomic mass is 16.3. The Morgan fingerprint density at radius 1 is 1.09 bits per heavy atom. The third-order valence-corrected chi connectivity index (χ3v) is 4.01. The summed E-state index contributed by atoms with van der Waals surface area (Å²) in [6.45, 7) is 0. The molecular formula is C20H15NO2. The monoisotopic (exact) mass is 301 g/mol. The average molecular weight is 301 g/mol. The SMILES string of the molecule is Cn1cc(C=CC(=O)c2cc3ccccc3o2)c2ccccc21. The minimum atomic E-state index is -0.130. The Kier molecular flexibility index (Phi) is 3.12. The van der Waals surface area contributed by atoms with Crippen molar-refractivity contribution in [2.45, 2.75) is 0 Å². The summed E-state index contributed by atoms with van der Waals surface area (Å²) in [5.41, 5.74) is 2.89. The molecule has 0 aliphatic rings. The lowest BCUT2D eigenvalue weighted by Gasteiger charge is -1.93. The Labute approximate surface area is 133 Å². The molecule has 2 aromatic carbocycles. The topological polar surface area (TPSA) is 35.1 Å². The van der Waals surface area contributed by atoms with Crippen LogP contribution in [0.25, 0.3) is 27.9 Å². The molecule has 0 aliphatic carbocycles. The predicted octanol–water partition coefficient (Wildman–Crippen LogP) is 4.82. The highest BCUT2D eigenvalue weighted by Crippen LogP contribution is 2.23. The fraction of sp³-hybridized carbons (Fsp3) is 0.0500. The third-order valence-electron chi connectivity index (χ3n) is 4.01. The van der Waals surface area contributed by atoms with Crippen LogP contribution in [0.2, 0.25) is 0 Å². The molecule has 0 unspecified atom stereocenters. The smallest absolute Gasteiger partial charge is 0.221 e. The van der Waals surface area contributed by atoms with Gasteiger partial charge in [0.2, 0.25) is 5.78 Å². The van der Waals surface area contributed by atoms with Gasteiger partial charge >= 0.3 is 0 Å². The molecule has 0 saturated carbocycles. The lowest BCUT2D eigenvalue weighted by molar-refractivity contribution is 0.102. The number of carbonyl (C=O) groups is 1. The summed E-state index contributed by atoms with van der Waals surface area (Å²) < 4.78 is 7.66. The van der Waals surface area contributed by atoms with E-state index < -0.39 is 0 Å². The summed E-state index contributed by atoms with van der Waals surface area (Å²) >= 11 is 0. The zero-order valence-electron chi connectivity index (χ0n) is 12.7. The van der Waals surface area contributed by atoms with Crippen molar-refractivity contribution < 1.29 is 9.21 Å². The maximum atomic E-state index is 12.3. The number of aromatic nitrogens is 1. The van der Waals surface area contributed by atoms with Gasteiger partial charge in [-0.2, -0.15) is 0 Å². The number of aryl methyl sites for hydroxylation is 1. The minimum absolute atomic E-state index is 0.130. The summed E-state index contributed by atoms with van der Waals surface area (Å²) in [6.07, 6.45) is 5.43. The largest absolute Gasteiger partial charge is 0.453 e. The summed E-state index contributed by atoms with van der Waals surface area (Å²) in [5.74, 6) is 0.233. The van der Waals surface area contributed by atoms with Crippen molar-refractivity contribution in [1.82, 2.24) is 4.57 Å². The van der Waals surface area contributed by atoms with Gasteiger partial charge in [0, 0.05) is 35.1 Å². The van der Waals surface area contributed by atoms with Crippen LogP contribution < -0.4 is 0 Å². The first kappa shape index (κ1) is 13.6. The third kappa shape index (κ3) is 2.36. The first-order valence-electron chi connectivity index (χ1n) is 7.47. The second kappa shape index (κ2) is 5.29. The van der Waals surface area contributed by atoms with Gasteiger partial charge in [-0.05, 0) is 30.4 Å². The molecule has 2 heterocycles. The van der Waals surface area contributed by atoms with Crippen LogP contribution in [-0.4, -0.2) is 10.4 Å². The zero-order chi connectivity index (χ0) is 15.8. The molecule has 4 rings (SSSR count). The molecule has 2 aromatic heterocycles. The second-order valence-electron chi connectivity index (χ2n) is 5.56. The van der Waals surface area contributed by atoms with Crippen molar-refractivity contribution in [3.63, 3.8) is 0 Å². The highest BCUT2D eigenvalue weighted by Gasteiger charge is 2.10. The molecule has 0 N–H and O–H groups in total. The molecule has 3 heteroatoms. The number of furan rings is 1. The molecule has 0 radical (unpaired) electrons. The van der Waals surface area contributed by atoms with E-state index in [-0.39, 0.29) is 5.78 Å². The van der Waals surface area contributed by atoms with Crippen molar-refractivity contribution in [3.8, 4) is 0 Å². The van der Waals surface area contributed by atoms with Gasteiger partial charge in [0.25, 0.3) is 0 Å². The van der Waals surface area contributed by atoms with Crippen LogP contribution in [0, 0.1) is 0 Å². The molecule has 0 aliphatic heterocycles. The Bertz CT molecular complexity index is 1020. The van der Waals surface area contributed by atoms with E-state index in [2.05, 4.69) is 16.7 Å². The number of rotatable bonds is 3. The van der Waals surface area contributed by atoms with Crippen LogP contribution in [0.4, 0.5) is 0 Å². The maximum absolute atomic E-state index is 12.3. The van der Waals surface area contributed by atoms with Gasteiger partial charge < -0.3 is 8.98 Å². The number of hydrogen-bond acceptors (Lipinski definition) is 2. The fourth-order valence-electron chi connectivity index (χ4n) is 2.86. The quantitative estimate of drug-likeness (QED) is 0.401. The lowest BCUT2D eigenvalue weighted by Crippen LogP contribution is -1.90. The Morgan fingerprint density at radius 3 is 2.74 bits per heavy atom. The predicted molar refractivity (Wildman–Crippen MR) is 92.5 cm³/mol. The van der Waals surface area contributed by atoms with Crippen molar-refractivity contribution in [1.29, 1.82) is 0 Å². The van der Waals surface area contributed by atoms with Gasteiger partial charge in [-0.3, -0.25) is 4.79 Å². The number of nitrogens with zero attached hydrogens (tertiary/aromatic N) is 1. The summed E-state index contributed by atoms with van der Waals surface area (Å²) in [6, 6.07) is 17.5. The van der Waals surface area contributed by atoms with Crippen molar-refractivity contribution in [2.24, 2.45) is 7.05 Å². The zero-order valence-corrected chi connectivity index (χ0v) is 12.7. The number of para-hydroxylation sites is 2. The van der Waals surface area contributed by atoms with E-state index >= 15 is 0 Å². The first-order valence-corrected chi connectivity index (χ1v) is 7.47. The fourth-order valence-corrected chi connectivity index (χ4v) is 2.86. The molecule has 0 fully saturated rings. The van der Waals surface area contributed by atoms with Crippen LogP contribution in [0.3, 0.4) is 0 Å². The molecule has 112 valence electrons. The summed E-state index contributed by atoms with van der Waals surface area (Å²) in [5, 5.41) is 2.07. The van der Waals surface area contributed by atoms with Gasteiger partial charge in [-0.25, -0.2) is 0 Å². The van der Waals surface area contributed by atoms with E-state index in [4.69, 9.17) is 4.42 Å². The van der Waals surface area contributed by atoms with Crippen LogP contribution in [0.15, 0.2) is 71.3 Å². The molecule has 23 heavy (non-hydrogen) atoms. The minimum Gasteiger partial charge on any atom is -0.453 e. The van der Waals surface area contributed by atoms with E-state index in [0.717, 1.165) is 27.4 Å².